The lowest BCUT2D eigenvalue weighted by molar-refractivity contribution is 0.429. The van der Waals surface area contributed by atoms with E-state index in [0.717, 1.165) is 6.42 Å². The van der Waals surface area contributed by atoms with Gasteiger partial charge in [-0.05, 0) is 57.0 Å². The van der Waals surface area contributed by atoms with Gasteiger partial charge in [-0.1, -0.05) is 0 Å². The van der Waals surface area contributed by atoms with Crippen molar-refractivity contribution in [2.75, 3.05) is 20.1 Å². The summed E-state index contributed by atoms with van der Waals surface area (Å²) in [7, 11) is -5.92. The summed E-state index contributed by atoms with van der Waals surface area (Å²) in [5.74, 6) is 0.148. The maximum atomic E-state index is 12.7. The van der Waals surface area contributed by atoms with Crippen molar-refractivity contribution >= 4 is 32.5 Å². The van der Waals surface area contributed by atoms with Gasteiger partial charge in [0.25, 0.3) is 0 Å². The van der Waals surface area contributed by atoms with E-state index in [1.165, 1.54) is 29.6 Å². The van der Waals surface area contributed by atoms with Crippen LogP contribution in [0.1, 0.15) is 18.9 Å². The van der Waals surface area contributed by atoms with E-state index in [1.807, 2.05) is 6.92 Å². The summed E-state index contributed by atoms with van der Waals surface area (Å²) in [4.78, 5) is 0.184. The minimum Gasteiger partial charge on any atom is -0.328 e. The van der Waals surface area contributed by atoms with Gasteiger partial charge in [0.05, 0.1) is 9.79 Å². The number of nitrogens with two attached hydrogens (primary N) is 1. The Morgan fingerprint density at radius 3 is 2.38 bits per heavy atom. The lowest BCUT2D eigenvalue weighted by Crippen LogP contribution is -2.33. The highest BCUT2D eigenvalue weighted by Gasteiger charge is 2.34. The second-order valence-corrected chi connectivity index (χ2v) is 9.70. The number of halogens is 1. The molecule has 0 spiro atoms. The van der Waals surface area contributed by atoms with E-state index in [9.17, 15) is 16.8 Å². The molecule has 10 heteroatoms. The molecular formula is C14H24ClN3O4S2. The minimum atomic E-state index is -3.63. The fourth-order valence-corrected chi connectivity index (χ4v) is 5.29. The molecule has 138 valence electrons. The van der Waals surface area contributed by atoms with Crippen LogP contribution < -0.4 is 10.5 Å². The van der Waals surface area contributed by atoms with Crippen LogP contribution in [0.5, 0.6) is 0 Å². The van der Waals surface area contributed by atoms with E-state index in [-0.39, 0.29) is 34.2 Å². The van der Waals surface area contributed by atoms with Crippen molar-refractivity contribution in [3.05, 3.63) is 23.8 Å². The molecule has 1 fully saturated rings. The molecule has 2 rings (SSSR count). The van der Waals surface area contributed by atoms with E-state index in [1.54, 1.807) is 6.92 Å². The van der Waals surface area contributed by atoms with Crippen LogP contribution in [0.3, 0.4) is 0 Å². The Morgan fingerprint density at radius 1 is 1.29 bits per heavy atom. The fraction of sp³-hybridized carbons (Fsp3) is 0.571. The summed E-state index contributed by atoms with van der Waals surface area (Å²) in [6, 6.07) is 4.01. The molecule has 1 aliphatic heterocycles. The summed E-state index contributed by atoms with van der Waals surface area (Å²) in [6.07, 6.45) is 0.738. The van der Waals surface area contributed by atoms with E-state index in [2.05, 4.69) is 4.72 Å². The van der Waals surface area contributed by atoms with Crippen molar-refractivity contribution in [1.82, 2.24) is 9.03 Å². The highest BCUT2D eigenvalue weighted by atomic mass is 35.5. The van der Waals surface area contributed by atoms with Crippen LogP contribution >= 0.6 is 12.4 Å². The van der Waals surface area contributed by atoms with Crippen molar-refractivity contribution in [1.29, 1.82) is 0 Å². The van der Waals surface area contributed by atoms with Gasteiger partial charge in [-0.2, -0.15) is 4.31 Å². The highest BCUT2D eigenvalue weighted by molar-refractivity contribution is 7.89. The number of nitrogens with zero attached hydrogens (tertiary/aromatic N) is 1. The smallest absolute Gasteiger partial charge is 0.243 e. The van der Waals surface area contributed by atoms with Gasteiger partial charge in [-0.25, -0.2) is 21.6 Å². The van der Waals surface area contributed by atoms with Crippen molar-refractivity contribution in [2.45, 2.75) is 36.1 Å². The molecule has 1 aromatic carbocycles. The van der Waals surface area contributed by atoms with Gasteiger partial charge in [0.2, 0.25) is 20.0 Å². The second-order valence-electron chi connectivity index (χ2n) is 5.91. The first-order chi connectivity index (χ1) is 10.6. The summed E-state index contributed by atoms with van der Waals surface area (Å²) >= 11 is 0. The minimum absolute atomic E-state index is 0. The van der Waals surface area contributed by atoms with Gasteiger partial charge >= 0.3 is 0 Å². The Morgan fingerprint density at radius 2 is 1.92 bits per heavy atom. The third-order valence-electron chi connectivity index (χ3n) is 4.27. The number of hydrogen-bond donors (Lipinski definition) is 2. The summed E-state index contributed by atoms with van der Waals surface area (Å²) in [5, 5.41) is 0. The Balaban J connectivity index is 0.00000288. The van der Waals surface area contributed by atoms with Crippen LogP contribution in [0.2, 0.25) is 0 Å². The molecule has 1 heterocycles. The molecule has 0 aliphatic carbocycles. The number of hydrogen-bond acceptors (Lipinski definition) is 5. The Hall–Kier alpha value is -0.710. The van der Waals surface area contributed by atoms with Crippen LogP contribution in [0, 0.1) is 12.8 Å². The van der Waals surface area contributed by atoms with Gasteiger partial charge < -0.3 is 5.73 Å². The SMILES string of the molecule is CNS(=O)(=O)c1ccc(S(=O)(=O)N2CCC(C(C)N)C2)cc1C.Cl. The monoisotopic (exact) mass is 397 g/mol. The average Bonchev–Trinajstić information content (AvgIpc) is 2.97. The molecule has 1 aliphatic rings. The number of benzene rings is 1. The molecule has 24 heavy (non-hydrogen) atoms. The number of nitrogens with one attached hydrogen (secondary N) is 1. The van der Waals surface area contributed by atoms with E-state index >= 15 is 0 Å². The lowest BCUT2D eigenvalue weighted by atomic mass is 10.0. The molecule has 1 saturated heterocycles. The van der Waals surface area contributed by atoms with Gasteiger partial charge in [-0.15, -0.1) is 12.4 Å². The van der Waals surface area contributed by atoms with Crippen molar-refractivity contribution in [2.24, 2.45) is 11.7 Å². The topological polar surface area (TPSA) is 110 Å². The van der Waals surface area contributed by atoms with Gasteiger partial charge in [0, 0.05) is 19.1 Å². The third-order valence-corrected chi connectivity index (χ3v) is 7.71. The predicted molar refractivity (Wildman–Crippen MR) is 95.2 cm³/mol. The normalized spacial score (nSPS) is 20.6. The van der Waals surface area contributed by atoms with E-state index in [0.29, 0.717) is 18.7 Å². The molecule has 0 bridgehead atoms. The maximum Gasteiger partial charge on any atom is 0.243 e. The average molecular weight is 398 g/mol. The molecule has 2 unspecified atom stereocenters. The zero-order valence-electron chi connectivity index (χ0n) is 13.9. The Labute approximate surface area is 150 Å². The molecule has 2 atom stereocenters. The maximum absolute atomic E-state index is 12.7. The summed E-state index contributed by atoms with van der Waals surface area (Å²) in [5.41, 5.74) is 6.25. The highest BCUT2D eigenvalue weighted by Crippen LogP contribution is 2.27. The fourth-order valence-electron chi connectivity index (χ4n) is 2.74. The van der Waals surface area contributed by atoms with Gasteiger partial charge in [-0.3, -0.25) is 0 Å². The largest absolute Gasteiger partial charge is 0.328 e. The Kier molecular flexibility index (Phi) is 6.82. The number of rotatable bonds is 5. The van der Waals surface area contributed by atoms with E-state index < -0.39 is 20.0 Å². The first-order valence-corrected chi connectivity index (χ1v) is 10.3. The molecule has 0 radical (unpaired) electrons. The lowest BCUT2D eigenvalue weighted by Gasteiger charge is -2.19. The van der Waals surface area contributed by atoms with Gasteiger partial charge in [0.15, 0.2) is 0 Å². The molecule has 7 nitrogen and oxygen atoms in total. The number of aryl methyl sites for hydroxylation is 1. The molecule has 3 N–H and O–H groups in total. The number of sulfonamides is 2. The zero-order valence-corrected chi connectivity index (χ0v) is 16.3. The van der Waals surface area contributed by atoms with Crippen LogP contribution in [0.15, 0.2) is 28.0 Å². The standard InChI is InChI=1S/C14H23N3O4S2.ClH/c1-10-8-13(4-5-14(10)22(18,19)16-3)23(20,21)17-7-6-12(9-17)11(2)15;/h4-5,8,11-12,16H,6-7,9,15H2,1-3H3;1H. The van der Waals surface area contributed by atoms with Crippen molar-refractivity contribution in [3.8, 4) is 0 Å². The molecule has 0 amide bonds. The molecule has 0 saturated carbocycles. The molecular weight excluding hydrogens is 374 g/mol. The third kappa shape index (κ3) is 4.09. The van der Waals surface area contributed by atoms with Crippen LogP contribution in [-0.2, 0) is 20.0 Å². The van der Waals surface area contributed by atoms with Crippen molar-refractivity contribution in [3.63, 3.8) is 0 Å². The first kappa shape index (κ1) is 21.3. The molecule has 0 aromatic heterocycles. The van der Waals surface area contributed by atoms with Gasteiger partial charge in [0.1, 0.15) is 0 Å². The van der Waals surface area contributed by atoms with Crippen LogP contribution in [0.4, 0.5) is 0 Å². The van der Waals surface area contributed by atoms with Crippen molar-refractivity contribution < 1.29 is 16.8 Å². The first-order valence-electron chi connectivity index (χ1n) is 7.39. The second kappa shape index (κ2) is 7.67. The quantitative estimate of drug-likeness (QED) is 0.759. The van der Waals surface area contributed by atoms with E-state index in [4.69, 9.17) is 5.73 Å². The summed E-state index contributed by atoms with van der Waals surface area (Å²) in [6.45, 7) is 4.29. The Bertz CT molecular complexity index is 794. The predicted octanol–water partition coefficient (Wildman–Crippen LogP) is 0.683. The van der Waals surface area contributed by atoms with Crippen LogP contribution in [0.25, 0.3) is 0 Å². The molecule has 1 aromatic rings. The zero-order chi connectivity index (χ0) is 17.4. The van der Waals surface area contributed by atoms with Crippen LogP contribution in [-0.4, -0.2) is 47.3 Å². The summed E-state index contributed by atoms with van der Waals surface area (Å²) < 4.78 is 52.8.